The van der Waals surface area contributed by atoms with Crippen LogP contribution in [-0.2, 0) is 0 Å². The summed E-state index contributed by atoms with van der Waals surface area (Å²) >= 11 is 0. The summed E-state index contributed by atoms with van der Waals surface area (Å²) in [6, 6.07) is 8.62. The number of pyridine rings is 1. The Hall–Kier alpha value is -1.90. The molecule has 3 heteroatoms. The Morgan fingerprint density at radius 2 is 1.84 bits per heavy atom. The number of ether oxygens (including phenoxy) is 1. The Balaban J connectivity index is 2.38. The molecule has 2 aromatic rings. The smallest absolute Gasteiger partial charge is 0.134 e. The fraction of sp³-hybridized carbons (Fsp3) is 0.312. The molecule has 0 unspecified atom stereocenters. The number of hydrogen-bond donors (Lipinski definition) is 0. The summed E-state index contributed by atoms with van der Waals surface area (Å²) in [4.78, 5) is 4.18. The minimum atomic E-state index is -0.335. The number of rotatable bonds is 2. The summed E-state index contributed by atoms with van der Waals surface area (Å²) in [5, 5.41) is 0. The van der Waals surface area contributed by atoms with Gasteiger partial charge in [-0.25, -0.2) is 4.39 Å². The first-order valence-corrected chi connectivity index (χ1v) is 6.27. The second-order valence-corrected chi connectivity index (χ2v) is 5.49. The molecule has 2 nitrogen and oxygen atoms in total. The highest BCUT2D eigenvalue weighted by Gasteiger charge is 2.14. The predicted octanol–water partition coefficient (Wildman–Crippen LogP) is 4.37. The number of aryl methyl sites for hydroxylation is 1. The molecule has 0 radical (unpaired) electrons. The van der Waals surface area contributed by atoms with Gasteiger partial charge in [0.05, 0.1) is 0 Å². The van der Waals surface area contributed by atoms with E-state index in [0.29, 0.717) is 11.3 Å². The molecule has 0 N–H and O–H groups in total. The Labute approximate surface area is 113 Å². The third kappa shape index (κ3) is 3.31. The van der Waals surface area contributed by atoms with Crippen molar-refractivity contribution in [1.82, 2.24) is 4.98 Å². The van der Waals surface area contributed by atoms with Gasteiger partial charge in [0, 0.05) is 29.1 Å². The average Bonchev–Trinajstić information content (AvgIpc) is 2.28. The molecule has 1 aromatic heterocycles. The van der Waals surface area contributed by atoms with Gasteiger partial charge in [-0.1, -0.05) is 6.07 Å². The monoisotopic (exact) mass is 259 g/mol. The zero-order valence-electron chi connectivity index (χ0n) is 11.7. The highest BCUT2D eigenvalue weighted by Crippen LogP contribution is 2.29. The molecule has 0 aliphatic rings. The first kappa shape index (κ1) is 13.5. The van der Waals surface area contributed by atoms with E-state index < -0.39 is 0 Å². The van der Waals surface area contributed by atoms with Crippen molar-refractivity contribution in [3.63, 3.8) is 0 Å². The van der Waals surface area contributed by atoms with Crippen LogP contribution < -0.4 is 4.74 Å². The van der Waals surface area contributed by atoms with Gasteiger partial charge in [-0.2, -0.15) is 0 Å². The topological polar surface area (TPSA) is 22.1 Å². The van der Waals surface area contributed by atoms with Gasteiger partial charge in [0.2, 0.25) is 0 Å². The summed E-state index contributed by atoms with van der Waals surface area (Å²) in [5.74, 6) is 0.244. The van der Waals surface area contributed by atoms with E-state index in [-0.39, 0.29) is 11.4 Å². The van der Waals surface area contributed by atoms with E-state index in [9.17, 15) is 4.39 Å². The van der Waals surface area contributed by atoms with Crippen LogP contribution in [0.4, 0.5) is 4.39 Å². The minimum absolute atomic E-state index is 0.294. The Morgan fingerprint density at radius 1 is 1.11 bits per heavy atom. The second-order valence-electron chi connectivity index (χ2n) is 5.49. The SMILES string of the molecule is Cc1ncccc1-c1ccc(OC(C)(C)C)cc1F. The van der Waals surface area contributed by atoms with Crippen LogP contribution in [-0.4, -0.2) is 10.6 Å². The van der Waals surface area contributed by atoms with E-state index in [1.165, 1.54) is 6.07 Å². The number of benzene rings is 1. The van der Waals surface area contributed by atoms with Crippen LogP contribution in [0, 0.1) is 12.7 Å². The number of nitrogens with zero attached hydrogens (tertiary/aromatic N) is 1. The highest BCUT2D eigenvalue weighted by molar-refractivity contribution is 5.66. The lowest BCUT2D eigenvalue weighted by atomic mass is 10.0. The molecule has 0 saturated heterocycles. The van der Waals surface area contributed by atoms with Crippen LogP contribution in [0.15, 0.2) is 36.5 Å². The zero-order chi connectivity index (χ0) is 14.0. The highest BCUT2D eigenvalue weighted by atomic mass is 19.1. The zero-order valence-corrected chi connectivity index (χ0v) is 11.7. The molecule has 2 rings (SSSR count). The van der Waals surface area contributed by atoms with E-state index in [2.05, 4.69) is 4.98 Å². The molecular weight excluding hydrogens is 241 g/mol. The van der Waals surface area contributed by atoms with E-state index >= 15 is 0 Å². The fourth-order valence-corrected chi connectivity index (χ4v) is 1.90. The number of hydrogen-bond acceptors (Lipinski definition) is 2. The Bertz CT molecular complexity index is 588. The standard InChI is InChI=1S/C16H18FNO/c1-11-13(6-5-9-18-11)14-8-7-12(10-15(14)17)19-16(2,3)4/h5-10H,1-4H3. The van der Waals surface area contributed by atoms with Gasteiger partial charge >= 0.3 is 0 Å². The lowest BCUT2D eigenvalue weighted by Gasteiger charge is -2.21. The van der Waals surface area contributed by atoms with Gasteiger partial charge in [0.25, 0.3) is 0 Å². The van der Waals surface area contributed by atoms with Gasteiger partial charge in [0.1, 0.15) is 17.2 Å². The fourth-order valence-electron chi connectivity index (χ4n) is 1.90. The van der Waals surface area contributed by atoms with Crippen LogP contribution in [0.3, 0.4) is 0 Å². The Morgan fingerprint density at radius 3 is 2.42 bits per heavy atom. The maximum Gasteiger partial charge on any atom is 0.134 e. The number of aromatic nitrogens is 1. The Kier molecular flexibility index (Phi) is 3.56. The molecule has 100 valence electrons. The second kappa shape index (κ2) is 5.00. The van der Waals surface area contributed by atoms with Crippen LogP contribution in [0.5, 0.6) is 5.75 Å². The molecule has 0 spiro atoms. The van der Waals surface area contributed by atoms with Gasteiger partial charge in [-0.3, -0.25) is 4.98 Å². The molecule has 0 bridgehead atoms. The average molecular weight is 259 g/mol. The largest absolute Gasteiger partial charge is 0.488 e. The van der Waals surface area contributed by atoms with Crippen molar-refractivity contribution >= 4 is 0 Å². The molecule has 0 saturated carbocycles. The molecule has 0 aliphatic carbocycles. The van der Waals surface area contributed by atoms with Crippen molar-refractivity contribution in [2.45, 2.75) is 33.3 Å². The third-order valence-electron chi connectivity index (χ3n) is 2.66. The van der Waals surface area contributed by atoms with Crippen molar-refractivity contribution in [3.8, 4) is 16.9 Å². The van der Waals surface area contributed by atoms with Crippen molar-refractivity contribution in [2.24, 2.45) is 0 Å². The molecular formula is C16H18FNO. The van der Waals surface area contributed by atoms with E-state index in [0.717, 1.165) is 11.3 Å². The molecule has 19 heavy (non-hydrogen) atoms. The normalized spacial score (nSPS) is 11.4. The van der Waals surface area contributed by atoms with Crippen LogP contribution in [0.2, 0.25) is 0 Å². The van der Waals surface area contributed by atoms with Crippen LogP contribution in [0.1, 0.15) is 26.5 Å². The van der Waals surface area contributed by atoms with Gasteiger partial charge in [-0.15, -0.1) is 0 Å². The first-order chi connectivity index (χ1) is 8.87. The van der Waals surface area contributed by atoms with Crippen molar-refractivity contribution < 1.29 is 9.13 Å². The van der Waals surface area contributed by atoms with E-state index in [1.54, 1.807) is 24.4 Å². The summed E-state index contributed by atoms with van der Waals surface area (Å²) in [6.45, 7) is 7.67. The van der Waals surface area contributed by atoms with E-state index in [4.69, 9.17) is 4.74 Å². The summed E-state index contributed by atoms with van der Waals surface area (Å²) in [5.41, 5.74) is 1.83. The van der Waals surface area contributed by atoms with Gasteiger partial charge in [0.15, 0.2) is 0 Å². The van der Waals surface area contributed by atoms with Crippen molar-refractivity contribution in [1.29, 1.82) is 0 Å². The van der Waals surface area contributed by atoms with Gasteiger partial charge in [-0.05, 0) is 45.9 Å². The quantitative estimate of drug-likeness (QED) is 0.798. The molecule has 1 heterocycles. The van der Waals surface area contributed by atoms with Crippen molar-refractivity contribution in [2.75, 3.05) is 0 Å². The molecule has 1 aromatic carbocycles. The van der Waals surface area contributed by atoms with Crippen LogP contribution >= 0.6 is 0 Å². The maximum atomic E-state index is 14.2. The predicted molar refractivity (Wildman–Crippen MR) is 74.7 cm³/mol. The van der Waals surface area contributed by atoms with E-state index in [1.807, 2.05) is 33.8 Å². The minimum Gasteiger partial charge on any atom is -0.488 e. The lowest BCUT2D eigenvalue weighted by Crippen LogP contribution is -2.22. The molecule has 0 aliphatic heterocycles. The number of halogens is 1. The summed E-state index contributed by atoms with van der Waals surface area (Å²) < 4.78 is 19.8. The van der Waals surface area contributed by atoms with Crippen LogP contribution in [0.25, 0.3) is 11.1 Å². The van der Waals surface area contributed by atoms with Crippen molar-refractivity contribution in [3.05, 3.63) is 48.0 Å². The lowest BCUT2D eigenvalue weighted by molar-refractivity contribution is 0.130. The molecule has 0 fully saturated rings. The molecule has 0 atom stereocenters. The molecule has 0 amide bonds. The third-order valence-corrected chi connectivity index (χ3v) is 2.66. The van der Waals surface area contributed by atoms with Gasteiger partial charge < -0.3 is 4.74 Å². The first-order valence-electron chi connectivity index (χ1n) is 6.27. The maximum absolute atomic E-state index is 14.2. The summed E-state index contributed by atoms with van der Waals surface area (Å²) in [6.07, 6.45) is 1.70. The summed E-state index contributed by atoms with van der Waals surface area (Å²) in [7, 11) is 0.